The standard InChI is InChI=1S/C29H28F2N4O2/c1-27(2)26(37)35(28(3,16-33-27)20-10-21(30)12-22(31)11-20)15-17-6-7-18-13-29(14-19(18)9-17)23-5-4-8-32-24(23)34-25(29)36/h4-12,33H,13-16H2,1-3H3,(H,32,34,36)/t28-,29+/m0/s1. The molecule has 2 atom stereocenters. The monoisotopic (exact) mass is 502 g/mol. The second-order valence-corrected chi connectivity index (χ2v) is 11.2. The van der Waals surface area contributed by atoms with Crippen LogP contribution in [0, 0.1) is 11.6 Å². The SMILES string of the molecule is CC1(C)NC[C@@](C)(c2cc(F)cc(F)c2)N(Cc2ccc3c(c2)C[C@@]2(C3)C(=O)Nc3ncccc32)C1=O. The molecule has 6 nitrogen and oxygen atoms in total. The molecule has 2 aliphatic heterocycles. The summed E-state index contributed by atoms with van der Waals surface area (Å²) in [4.78, 5) is 32.8. The van der Waals surface area contributed by atoms with Gasteiger partial charge in [0.05, 0.1) is 16.5 Å². The van der Waals surface area contributed by atoms with Crippen LogP contribution in [0.4, 0.5) is 14.6 Å². The largest absolute Gasteiger partial charge is 0.326 e. The Morgan fingerprint density at radius 1 is 0.973 bits per heavy atom. The molecule has 8 heteroatoms. The molecule has 3 heterocycles. The fourth-order valence-corrected chi connectivity index (χ4v) is 6.10. The molecule has 190 valence electrons. The van der Waals surface area contributed by atoms with E-state index in [2.05, 4.69) is 21.7 Å². The van der Waals surface area contributed by atoms with Gasteiger partial charge in [0.25, 0.3) is 0 Å². The van der Waals surface area contributed by atoms with Crippen molar-refractivity contribution in [3.63, 3.8) is 0 Å². The number of pyridine rings is 1. The molecule has 2 N–H and O–H groups in total. The van der Waals surface area contributed by atoms with Crippen LogP contribution in [0.5, 0.6) is 0 Å². The molecule has 0 bridgehead atoms. The summed E-state index contributed by atoms with van der Waals surface area (Å²) in [5.41, 5.74) is 1.89. The third-order valence-corrected chi connectivity index (χ3v) is 8.32. The first-order chi connectivity index (χ1) is 17.5. The van der Waals surface area contributed by atoms with Gasteiger partial charge in [-0.15, -0.1) is 0 Å². The average Bonchev–Trinajstić information content (AvgIpc) is 3.36. The van der Waals surface area contributed by atoms with Crippen LogP contribution in [0.3, 0.4) is 0 Å². The Hall–Kier alpha value is -3.65. The fraction of sp³-hybridized carbons (Fsp3) is 0.345. The number of amides is 2. The molecule has 3 aromatic rings. The molecule has 37 heavy (non-hydrogen) atoms. The van der Waals surface area contributed by atoms with Crippen molar-refractivity contribution in [2.45, 2.75) is 56.7 Å². The lowest BCUT2D eigenvalue weighted by atomic mass is 9.79. The van der Waals surface area contributed by atoms with Gasteiger partial charge in [0.1, 0.15) is 17.5 Å². The van der Waals surface area contributed by atoms with Gasteiger partial charge in [-0.3, -0.25) is 9.59 Å². The van der Waals surface area contributed by atoms with Gasteiger partial charge in [0, 0.05) is 30.9 Å². The molecule has 1 fully saturated rings. The molecule has 1 spiro atoms. The summed E-state index contributed by atoms with van der Waals surface area (Å²) in [6.07, 6.45) is 2.81. The topological polar surface area (TPSA) is 74.3 Å². The highest BCUT2D eigenvalue weighted by Crippen LogP contribution is 2.47. The number of halogens is 2. The van der Waals surface area contributed by atoms with E-state index in [0.29, 0.717) is 30.8 Å². The zero-order valence-corrected chi connectivity index (χ0v) is 21.0. The van der Waals surface area contributed by atoms with Crippen LogP contribution in [0.15, 0.2) is 54.7 Å². The maximum Gasteiger partial charge on any atom is 0.243 e. The summed E-state index contributed by atoms with van der Waals surface area (Å²) >= 11 is 0. The van der Waals surface area contributed by atoms with Crippen LogP contribution in [0.2, 0.25) is 0 Å². The zero-order chi connectivity index (χ0) is 26.2. The van der Waals surface area contributed by atoms with E-state index >= 15 is 0 Å². The van der Waals surface area contributed by atoms with Crippen molar-refractivity contribution in [2.75, 3.05) is 11.9 Å². The number of rotatable bonds is 3. The van der Waals surface area contributed by atoms with Gasteiger partial charge in [-0.1, -0.05) is 24.3 Å². The third kappa shape index (κ3) is 3.57. The summed E-state index contributed by atoms with van der Waals surface area (Å²) in [6.45, 7) is 6.06. The minimum absolute atomic E-state index is 0.0429. The van der Waals surface area contributed by atoms with E-state index in [4.69, 9.17) is 0 Å². The summed E-state index contributed by atoms with van der Waals surface area (Å²) in [5.74, 6) is -0.939. The van der Waals surface area contributed by atoms with Crippen molar-refractivity contribution in [1.29, 1.82) is 0 Å². The first-order valence-electron chi connectivity index (χ1n) is 12.4. The van der Waals surface area contributed by atoms with Gasteiger partial charge in [-0.05, 0) is 74.1 Å². The molecule has 1 aliphatic carbocycles. The number of hydrogen-bond acceptors (Lipinski definition) is 4. The van der Waals surface area contributed by atoms with E-state index < -0.39 is 28.1 Å². The van der Waals surface area contributed by atoms with Crippen LogP contribution >= 0.6 is 0 Å². The second kappa shape index (κ2) is 7.92. The highest BCUT2D eigenvalue weighted by atomic mass is 19.1. The lowest BCUT2D eigenvalue weighted by molar-refractivity contribution is -0.150. The minimum Gasteiger partial charge on any atom is -0.326 e. The molecule has 3 aliphatic rings. The third-order valence-electron chi connectivity index (χ3n) is 8.32. The van der Waals surface area contributed by atoms with Crippen LogP contribution < -0.4 is 10.6 Å². The number of nitrogens with one attached hydrogen (secondary N) is 2. The van der Waals surface area contributed by atoms with Gasteiger partial charge < -0.3 is 15.5 Å². The molecule has 1 saturated heterocycles. The maximum absolute atomic E-state index is 14.2. The highest BCUT2D eigenvalue weighted by Gasteiger charge is 2.51. The van der Waals surface area contributed by atoms with E-state index in [1.54, 1.807) is 11.1 Å². The molecule has 0 radical (unpaired) electrons. The predicted molar refractivity (Wildman–Crippen MR) is 135 cm³/mol. The Morgan fingerprint density at radius 3 is 2.46 bits per heavy atom. The number of carbonyl (C=O) groups is 2. The van der Waals surface area contributed by atoms with Gasteiger partial charge in [-0.2, -0.15) is 0 Å². The predicted octanol–water partition coefficient (Wildman–Crippen LogP) is 3.97. The number of benzene rings is 2. The van der Waals surface area contributed by atoms with Crippen molar-refractivity contribution in [1.82, 2.24) is 15.2 Å². The Kier molecular flexibility index (Phi) is 5.08. The molecule has 0 unspecified atom stereocenters. The van der Waals surface area contributed by atoms with Crippen LogP contribution in [-0.4, -0.2) is 33.8 Å². The van der Waals surface area contributed by atoms with Crippen LogP contribution in [0.25, 0.3) is 0 Å². The Labute approximate surface area is 214 Å². The number of carbonyl (C=O) groups excluding carboxylic acids is 2. The van der Waals surface area contributed by atoms with E-state index in [-0.39, 0.29) is 18.4 Å². The Balaban J connectivity index is 1.35. The van der Waals surface area contributed by atoms with Crippen LogP contribution in [-0.2, 0) is 39.9 Å². The van der Waals surface area contributed by atoms with Crippen molar-refractivity contribution in [3.8, 4) is 0 Å². The summed E-state index contributed by atoms with van der Waals surface area (Å²) in [6, 6.07) is 13.3. The zero-order valence-electron chi connectivity index (χ0n) is 21.0. The summed E-state index contributed by atoms with van der Waals surface area (Å²) in [7, 11) is 0. The van der Waals surface area contributed by atoms with E-state index in [1.165, 1.54) is 12.1 Å². The van der Waals surface area contributed by atoms with E-state index in [1.807, 2.05) is 45.0 Å². The fourth-order valence-electron chi connectivity index (χ4n) is 6.10. The second-order valence-electron chi connectivity index (χ2n) is 11.2. The number of piperazine rings is 1. The van der Waals surface area contributed by atoms with Crippen LogP contribution in [0.1, 0.15) is 48.6 Å². The molecule has 2 amide bonds. The van der Waals surface area contributed by atoms with Crippen molar-refractivity contribution < 1.29 is 18.4 Å². The minimum atomic E-state index is -0.967. The number of nitrogens with zero attached hydrogens (tertiary/aromatic N) is 2. The maximum atomic E-state index is 14.2. The summed E-state index contributed by atoms with van der Waals surface area (Å²) < 4.78 is 28.4. The number of fused-ring (bicyclic) bond motifs is 3. The van der Waals surface area contributed by atoms with Crippen molar-refractivity contribution >= 4 is 17.6 Å². The van der Waals surface area contributed by atoms with Gasteiger partial charge in [0.15, 0.2) is 0 Å². The molecule has 1 aromatic heterocycles. The molecule has 0 saturated carbocycles. The Bertz CT molecular complexity index is 1450. The highest BCUT2D eigenvalue weighted by molar-refractivity contribution is 6.06. The lowest BCUT2D eigenvalue weighted by Crippen LogP contribution is -2.68. The van der Waals surface area contributed by atoms with E-state index in [9.17, 15) is 18.4 Å². The number of hydrogen-bond donors (Lipinski definition) is 2. The molecule has 6 rings (SSSR count). The first-order valence-corrected chi connectivity index (χ1v) is 12.4. The lowest BCUT2D eigenvalue weighted by Gasteiger charge is -2.51. The van der Waals surface area contributed by atoms with Crippen molar-refractivity contribution in [2.24, 2.45) is 0 Å². The molecular formula is C29H28F2N4O2. The average molecular weight is 503 g/mol. The Morgan fingerprint density at radius 2 is 1.70 bits per heavy atom. The normalized spacial score (nSPS) is 25.8. The van der Waals surface area contributed by atoms with Gasteiger partial charge >= 0.3 is 0 Å². The van der Waals surface area contributed by atoms with Crippen molar-refractivity contribution in [3.05, 3.63) is 94.2 Å². The van der Waals surface area contributed by atoms with E-state index in [0.717, 1.165) is 28.3 Å². The molecular weight excluding hydrogens is 474 g/mol. The van der Waals surface area contributed by atoms with Gasteiger partial charge in [0.2, 0.25) is 11.8 Å². The molecule has 2 aromatic carbocycles. The number of anilines is 1. The quantitative estimate of drug-likeness (QED) is 0.569. The summed E-state index contributed by atoms with van der Waals surface area (Å²) in [5, 5.41) is 6.18. The van der Waals surface area contributed by atoms with Gasteiger partial charge in [-0.25, -0.2) is 13.8 Å². The first kappa shape index (κ1) is 23.7. The smallest absolute Gasteiger partial charge is 0.243 e. The number of aromatic nitrogens is 1.